The average molecular weight is 422 g/mol. The lowest BCUT2D eigenvalue weighted by atomic mass is 10.1. The molecule has 0 spiro atoms. The Balaban J connectivity index is 1.92. The molecule has 0 aliphatic carbocycles. The number of anilines is 2. The number of carbonyl (C=O) groups is 2. The number of nitrogens with one attached hydrogen (secondary N) is 2. The van der Waals surface area contributed by atoms with E-state index < -0.39 is 0 Å². The van der Waals surface area contributed by atoms with Gasteiger partial charge in [0.2, 0.25) is 5.91 Å². The molecule has 2 aromatic carbocycles. The summed E-state index contributed by atoms with van der Waals surface area (Å²) in [6.45, 7) is 5.68. The van der Waals surface area contributed by atoms with Crippen molar-refractivity contribution in [1.29, 1.82) is 0 Å². The summed E-state index contributed by atoms with van der Waals surface area (Å²) in [5.41, 5.74) is 1.86. The minimum atomic E-state index is -0.249. The Bertz CT molecular complexity index is 804. The number of hydrogen-bond acceptors (Lipinski definition) is 3. The lowest BCUT2D eigenvalue weighted by Crippen LogP contribution is -2.32. The second-order valence-electron chi connectivity index (χ2n) is 6.37. The van der Waals surface area contributed by atoms with Crippen LogP contribution in [0.25, 0.3) is 0 Å². The van der Waals surface area contributed by atoms with Crippen molar-refractivity contribution >= 4 is 46.4 Å². The quantitative estimate of drug-likeness (QED) is 0.576. The van der Waals surface area contributed by atoms with E-state index in [0.29, 0.717) is 21.3 Å². The van der Waals surface area contributed by atoms with Crippen LogP contribution < -0.4 is 10.6 Å². The summed E-state index contributed by atoms with van der Waals surface area (Å²) in [5.74, 6) is -0.218. The van der Waals surface area contributed by atoms with Gasteiger partial charge in [0.1, 0.15) is 0 Å². The smallest absolute Gasteiger partial charge is 0.253 e. The first-order chi connectivity index (χ1) is 13.5. The number of nitrogens with zero attached hydrogens (tertiary/aromatic N) is 1. The normalized spacial score (nSPS) is 10.4. The SMILES string of the molecule is CCCN(CCC)C(=O)c1ccc(NCC(=O)Nc2cccc(Cl)c2Cl)cc1. The lowest BCUT2D eigenvalue weighted by molar-refractivity contribution is -0.114. The van der Waals surface area contributed by atoms with Crippen LogP contribution in [0, 0.1) is 0 Å². The number of halogens is 2. The van der Waals surface area contributed by atoms with E-state index >= 15 is 0 Å². The zero-order valence-corrected chi connectivity index (χ0v) is 17.6. The van der Waals surface area contributed by atoms with Crippen LogP contribution in [0.5, 0.6) is 0 Å². The van der Waals surface area contributed by atoms with Crippen molar-refractivity contribution in [2.45, 2.75) is 26.7 Å². The third-order valence-corrected chi connectivity index (χ3v) is 4.90. The van der Waals surface area contributed by atoms with Crippen molar-refractivity contribution in [2.75, 3.05) is 30.3 Å². The van der Waals surface area contributed by atoms with Gasteiger partial charge in [0.15, 0.2) is 0 Å². The van der Waals surface area contributed by atoms with Crippen LogP contribution in [0.1, 0.15) is 37.0 Å². The molecule has 2 aromatic rings. The standard InChI is InChI=1S/C21H25Cl2N3O2/c1-3-12-26(13-4-2)21(28)15-8-10-16(11-9-15)24-14-19(27)25-18-7-5-6-17(22)20(18)23/h5-11,24H,3-4,12-14H2,1-2H3,(H,25,27). The molecule has 0 radical (unpaired) electrons. The van der Waals surface area contributed by atoms with Crippen molar-refractivity contribution < 1.29 is 9.59 Å². The second-order valence-corrected chi connectivity index (χ2v) is 7.16. The van der Waals surface area contributed by atoms with Crippen LogP contribution in [-0.4, -0.2) is 36.3 Å². The summed E-state index contributed by atoms with van der Waals surface area (Å²) in [5, 5.41) is 6.44. The molecule has 0 aliphatic heterocycles. The van der Waals surface area contributed by atoms with Crippen molar-refractivity contribution in [3.63, 3.8) is 0 Å². The molecular formula is C21H25Cl2N3O2. The van der Waals surface area contributed by atoms with Gasteiger partial charge in [0.25, 0.3) is 5.91 Å². The predicted molar refractivity (Wildman–Crippen MR) is 117 cm³/mol. The monoisotopic (exact) mass is 421 g/mol. The summed E-state index contributed by atoms with van der Waals surface area (Å²) in [6.07, 6.45) is 1.86. The van der Waals surface area contributed by atoms with E-state index in [1.807, 2.05) is 4.90 Å². The molecule has 2 rings (SSSR count). The number of amides is 2. The fourth-order valence-corrected chi connectivity index (χ4v) is 3.09. The van der Waals surface area contributed by atoms with E-state index in [4.69, 9.17) is 23.2 Å². The highest BCUT2D eigenvalue weighted by molar-refractivity contribution is 6.44. The molecule has 0 aliphatic rings. The average Bonchev–Trinajstić information content (AvgIpc) is 2.69. The fourth-order valence-electron chi connectivity index (χ4n) is 2.75. The summed E-state index contributed by atoms with van der Waals surface area (Å²) < 4.78 is 0. The first-order valence-corrected chi connectivity index (χ1v) is 10.1. The van der Waals surface area contributed by atoms with Gasteiger partial charge in [-0.3, -0.25) is 9.59 Å². The van der Waals surface area contributed by atoms with Gasteiger partial charge in [-0.1, -0.05) is 43.1 Å². The van der Waals surface area contributed by atoms with Crippen LogP contribution in [0.2, 0.25) is 10.0 Å². The van der Waals surface area contributed by atoms with Crippen molar-refractivity contribution in [2.24, 2.45) is 0 Å². The van der Waals surface area contributed by atoms with Gasteiger partial charge in [0, 0.05) is 24.3 Å². The summed E-state index contributed by atoms with van der Waals surface area (Å²) in [4.78, 5) is 26.6. The highest BCUT2D eigenvalue weighted by Gasteiger charge is 2.14. The Kier molecular flexibility index (Phi) is 8.61. The van der Waals surface area contributed by atoms with Gasteiger partial charge in [0.05, 0.1) is 22.3 Å². The summed E-state index contributed by atoms with van der Waals surface area (Å²) >= 11 is 12.0. The number of rotatable bonds is 9. The van der Waals surface area contributed by atoms with Gasteiger partial charge in [-0.05, 0) is 49.2 Å². The predicted octanol–water partition coefficient (Wildman–Crippen LogP) is 5.31. The van der Waals surface area contributed by atoms with Crippen LogP contribution in [0.3, 0.4) is 0 Å². The first-order valence-electron chi connectivity index (χ1n) is 9.33. The lowest BCUT2D eigenvalue weighted by Gasteiger charge is -2.21. The molecule has 150 valence electrons. The van der Waals surface area contributed by atoms with Crippen molar-refractivity contribution in [3.8, 4) is 0 Å². The number of hydrogen-bond donors (Lipinski definition) is 2. The van der Waals surface area contributed by atoms with E-state index in [1.54, 1.807) is 42.5 Å². The number of benzene rings is 2. The zero-order valence-electron chi connectivity index (χ0n) is 16.1. The zero-order chi connectivity index (χ0) is 20.5. The minimum absolute atomic E-state index is 0.0311. The molecule has 0 atom stereocenters. The molecular weight excluding hydrogens is 397 g/mol. The van der Waals surface area contributed by atoms with Crippen molar-refractivity contribution in [3.05, 3.63) is 58.1 Å². The molecule has 5 nitrogen and oxygen atoms in total. The Morgan fingerprint density at radius 2 is 1.61 bits per heavy atom. The van der Waals surface area contributed by atoms with Gasteiger partial charge in [-0.2, -0.15) is 0 Å². The molecule has 28 heavy (non-hydrogen) atoms. The van der Waals surface area contributed by atoms with Gasteiger partial charge in [-0.25, -0.2) is 0 Å². The Hall–Kier alpha value is -2.24. The van der Waals surface area contributed by atoms with E-state index in [-0.39, 0.29) is 18.4 Å². The van der Waals surface area contributed by atoms with Crippen LogP contribution >= 0.6 is 23.2 Å². The third-order valence-electron chi connectivity index (χ3n) is 4.08. The molecule has 0 heterocycles. The second kappa shape index (κ2) is 10.9. The first kappa shape index (κ1) is 22.1. The van der Waals surface area contributed by atoms with Crippen LogP contribution in [0.4, 0.5) is 11.4 Å². The fraction of sp³-hybridized carbons (Fsp3) is 0.333. The molecule has 7 heteroatoms. The topological polar surface area (TPSA) is 61.4 Å². The Morgan fingerprint density at radius 3 is 2.21 bits per heavy atom. The molecule has 0 unspecified atom stereocenters. The van der Waals surface area contributed by atoms with Crippen LogP contribution in [-0.2, 0) is 4.79 Å². The van der Waals surface area contributed by atoms with E-state index in [2.05, 4.69) is 24.5 Å². The molecule has 0 bridgehead atoms. The maximum atomic E-state index is 12.6. The van der Waals surface area contributed by atoms with Gasteiger partial charge >= 0.3 is 0 Å². The molecule has 0 fully saturated rings. The van der Waals surface area contributed by atoms with Crippen molar-refractivity contribution in [1.82, 2.24) is 4.90 Å². The maximum Gasteiger partial charge on any atom is 0.253 e. The highest BCUT2D eigenvalue weighted by Crippen LogP contribution is 2.29. The minimum Gasteiger partial charge on any atom is -0.376 e. The molecule has 2 N–H and O–H groups in total. The highest BCUT2D eigenvalue weighted by atomic mass is 35.5. The Morgan fingerprint density at radius 1 is 0.964 bits per heavy atom. The largest absolute Gasteiger partial charge is 0.376 e. The molecule has 2 amide bonds. The summed E-state index contributed by atoms with van der Waals surface area (Å²) in [7, 11) is 0. The van der Waals surface area contributed by atoms with Gasteiger partial charge in [-0.15, -0.1) is 0 Å². The molecule has 0 saturated heterocycles. The van der Waals surface area contributed by atoms with E-state index in [0.717, 1.165) is 31.6 Å². The van der Waals surface area contributed by atoms with Gasteiger partial charge < -0.3 is 15.5 Å². The Labute approximate surface area is 176 Å². The molecule has 0 saturated carbocycles. The third kappa shape index (κ3) is 6.14. The number of carbonyl (C=O) groups excluding carboxylic acids is 2. The summed E-state index contributed by atoms with van der Waals surface area (Å²) in [6, 6.07) is 12.2. The molecule has 0 aromatic heterocycles. The van der Waals surface area contributed by atoms with Crippen LogP contribution in [0.15, 0.2) is 42.5 Å². The van der Waals surface area contributed by atoms with E-state index in [9.17, 15) is 9.59 Å². The maximum absolute atomic E-state index is 12.6. The van der Waals surface area contributed by atoms with E-state index in [1.165, 1.54) is 0 Å².